The monoisotopic (exact) mass is 464 g/mol. The third-order valence-electron chi connectivity index (χ3n) is 5.19. The van der Waals surface area contributed by atoms with Crippen LogP contribution in [0.4, 0.5) is 10.1 Å². The van der Waals surface area contributed by atoms with Crippen LogP contribution in [0.2, 0.25) is 0 Å². The number of amides is 1. The highest BCUT2D eigenvalue weighted by Gasteiger charge is 2.32. The second-order valence-electron chi connectivity index (χ2n) is 8.08. The Labute approximate surface area is 188 Å². The van der Waals surface area contributed by atoms with Crippen LogP contribution in [-0.2, 0) is 14.8 Å². The van der Waals surface area contributed by atoms with Gasteiger partial charge in [-0.25, -0.2) is 12.8 Å². The Morgan fingerprint density at radius 2 is 1.75 bits per heavy atom. The third-order valence-corrected chi connectivity index (χ3v) is 7.08. The molecule has 2 aromatic rings. The normalized spacial score (nSPS) is 15.2. The summed E-state index contributed by atoms with van der Waals surface area (Å²) in [5.41, 5.74) is -1.08. The Hall–Kier alpha value is -2.65. The zero-order chi connectivity index (χ0) is 23.4. The SMILES string of the molecule is CCOc1ccc(S(=O)(=O)N2CCCCC2)cc1NC(=O)C(C)(C)Oc1ccc(F)cc1. The predicted molar refractivity (Wildman–Crippen MR) is 120 cm³/mol. The maximum atomic E-state index is 13.1. The molecular formula is C23H29FN2O5S. The molecule has 1 aliphatic heterocycles. The topological polar surface area (TPSA) is 84.9 Å². The van der Waals surface area contributed by atoms with Crippen LogP contribution in [0.25, 0.3) is 0 Å². The fourth-order valence-corrected chi connectivity index (χ4v) is 4.96. The van der Waals surface area contributed by atoms with Gasteiger partial charge in [-0.15, -0.1) is 0 Å². The minimum atomic E-state index is -3.68. The summed E-state index contributed by atoms with van der Waals surface area (Å²) in [6.07, 6.45) is 2.67. The van der Waals surface area contributed by atoms with Crippen molar-refractivity contribution in [2.24, 2.45) is 0 Å². The summed E-state index contributed by atoms with van der Waals surface area (Å²) >= 11 is 0. The van der Waals surface area contributed by atoms with E-state index in [1.54, 1.807) is 26.8 Å². The Bertz CT molecular complexity index is 1050. The van der Waals surface area contributed by atoms with Gasteiger partial charge in [0.05, 0.1) is 17.2 Å². The molecule has 2 aromatic carbocycles. The lowest BCUT2D eigenvalue weighted by Crippen LogP contribution is -2.42. The van der Waals surface area contributed by atoms with Crippen molar-refractivity contribution in [3.8, 4) is 11.5 Å². The lowest BCUT2D eigenvalue weighted by atomic mass is 10.1. The van der Waals surface area contributed by atoms with Crippen LogP contribution in [0, 0.1) is 5.82 Å². The highest BCUT2D eigenvalue weighted by atomic mass is 32.2. The zero-order valence-electron chi connectivity index (χ0n) is 18.6. The Morgan fingerprint density at radius 3 is 2.38 bits per heavy atom. The molecule has 1 aliphatic rings. The molecule has 0 atom stereocenters. The summed E-state index contributed by atoms with van der Waals surface area (Å²) in [4.78, 5) is 13.1. The van der Waals surface area contributed by atoms with E-state index in [0.717, 1.165) is 19.3 Å². The van der Waals surface area contributed by atoms with E-state index in [2.05, 4.69) is 5.32 Å². The van der Waals surface area contributed by atoms with Crippen LogP contribution in [-0.4, -0.2) is 43.9 Å². The number of carbonyl (C=O) groups is 1. The van der Waals surface area contributed by atoms with Gasteiger partial charge < -0.3 is 14.8 Å². The maximum absolute atomic E-state index is 13.1. The number of halogens is 1. The van der Waals surface area contributed by atoms with E-state index in [-0.39, 0.29) is 10.6 Å². The van der Waals surface area contributed by atoms with Crippen LogP contribution >= 0.6 is 0 Å². The van der Waals surface area contributed by atoms with Crippen LogP contribution in [0.3, 0.4) is 0 Å². The molecule has 0 aromatic heterocycles. The van der Waals surface area contributed by atoms with E-state index < -0.39 is 27.3 Å². The molecule has 1 heterocycles. The van der Waals surface area contributed by atoms with Crippen molar-refractivity contribution in [3.63, 3.8) is 0 Å². The average molecular weight is 465 g/mol. The first-order valence-electron chi connectivity index (χ1n) is 10.7. The molecule has 0 bridgehead atoms. The van der Waals surface area contributed by atoms with Crippen LogP contribution in [0.1, 0.15) is 40.0 Å². The highest BCUT2D eigenvalue weighted by Crippen LogP contribution is 2.31. The van der Waals surface area contributed by atoms with E-state index in [4.69, 9.17) is 9.47 Å². The standard InChI is InChI=1S/C23H29FN2O5S/c1-4-30-21-13-12-19(32(28,29)26-14-6-5-7-15-26)16-20(21)25-22(27)23(2,3)31-18-10-8-17(24)9-11-18/h8-13,16H,4-7,14-15H2,1-3H3,(H,25,27). The molecule has 174 valence electrons. The molecule has 0 spiro atoms. The zero-order valence-corrected chi connectivity index (χ0v) is 19.4. The second-order valence-corrected chi connectivity index (χ2v) is 10.0. The van der Waals surface area contributed by atoms with Crippen molar-refractivity contribution in [2.75, 3.05) is 25.0 Å². The summed E-state index contributed by atoms with van der Waals surface area (Å²) in [6, 6.07) is 9.80. The van der Waals surface area contributed by atoms with E-state index in [9.17, 15) is 17.6 Å². The smallest absolute Gasteiger partial charge is 0.268 e. The van der Waals surface area contributed by atoms with Crippen molar-refractivity contribution in [1.82, 2.24) is 4.31 Å². The molecule has 1 saturated heterocycles. The van der Waals surface area contributed by atoms with Gasteiger partial charge >= 0.3 is 0 Å². The highest BCUT2D eigenvalue weighted by molar-refractivity contribution is 7.89. The largest absolute Gasteiger partial charge is 0.492 e. The lowest BCUT2D eigenvalue weighted by Gasteiger charge is -2.27. The van der Waals surface area contributed by atoms with Crippen molar-refractivity contribution >= 4 is 21.6 Å². The summed E-state index contributed by atoms with van der Waals surface area (Å²) in [6.45, 7) is 6.24. The van der Waals surface area contributed by atoms with Crippen molar-refractivity contribution in [3.05, 3.63) is 48.3 Å². The molecular weight excluding hydrogens is 435 g/mol. The van der Waals surface area contributed by atoms with Gasteiger partial charge in [0.25, 0.3) is 5.91 Å². The number of hydrogen-bond donors (Lipinski definition) is 1. The van der Waals surface area contributed by atoms with Gasteiger partial charge in [-0.1, -0.05) is 6.42 Å². The summed E-state index contributed by atoms with van der Waals surface area (Å²) in [7, 11) is -3.68. The number of nitrogens with one attached hydrogen (secondary N) is 1. The second kappa shape index (κ2) is 9.87. The molecule has 0 radical (unpaired) electrons. The quantitative estimate of drug-likeness (QED) is 0.633. The number of nitrogens with zero attached hydrogens (tertiary/aromatic N) is 1. The van der Waals surface area contributed by atoms with Gasteiger partial charge in [-0.3, -0.25) is 4.79 Å². The Kier molecular flexibility index (Phi) is 7.40. The molecule has 0 aliphatic carbocycles. The number of anilines is 1. The van der Waals surface area contributed by atoms with E-state index >= 15 is 0 Å². The summed E-state index contributed by atoms with van der Waals surface area (Å²) in [5, 5.41) is 2.74. The Morgan fingerprint density at radius 1 is 1.09 bits per heavy atom. The number of sulfonamides is 1. The van der Waals surface area contributed by atoms with Crippen LogP contribution in [0.5, 0.6) is 11.5 Å². The van der Waals surface area contributed by atoms with E-state index in [1.165, 1.54) is 40.7 Å². The average Bonchev–Trinajstić information content (AvgIpc) is 2.77. The summed E-state index contributed by atoms with van der Waals surface area (Å²) in [5.74, 6) is -0.225. The summed E-state index contributed by atoms with van der Waals surface area (Å²) < 4.78 is 52.1. The van der Waals surface area contributed by atoms with Gasteiger partial charge in [-0.05, 0) is 76.1 Å². The van der Waals surface area contributed by atoms with Gasteiger partial charge in [0.2, 0.25) is 10.0 Å². The minimum Gasteiger partial charge on any atom is -0.492 e. The third kappa shape index (κ3) is 5.58. The molecule has 3 rings (SSSR count). The Balaban J connectivity index is 1.85. The molecule has 1 fully saturated rings. The molecule has 0 saturated carbocycles. The van der Waals surface area contributed by atoms with Crippen molar-refractivity contribution < 1.29 is 27.1 Å². The molecule has 9 heteroatoms. The number of carbonyl (C=O) groups excluding carboxylic acids is 1. The first-order chi connectivity index (χ1) is 15.1. The van der Waals surface area contributed by atoms with Gasteiger partial charge in [-0.2, -0.15) is 4.31 Å². The predicted octanol–water partition coefficient (Wildman–Crippen LogP) is 4.20. The fraction of sp³-hybridized carbons (Fsp3) is 0.435. The molecule has 1 amide bonds. The molecule has 32 heavy (non-hydrogen) atoms. The van der Waals surface area contributed by atoms with Gasteiger partial charge in [0.15, 0.2) is 5.60 Å². The number of benzene rings is 2. The molecule has 7 nitrogen and oxygen atoms in total. The van der Waals surface area contributed by atoms with Crippen molar-refractivity contribution in [1.29, 1.82) is 0 Å². The van der Waals surface area contributed by atoms with E-state index in [0.29, 0.717) is 31.2 Å². The van der Waals surface area contributed by atoms with E-state index in [1.807, 2.05) is 0 Å². The fourth-order valence-electron chi connectivity index (χ4n) is 3.42. The molecule has 1 N–H and O–H groups in total. The maximum Gasteiger partial charge on any atom is 0.268 e. The number of rotatable bonds is 8. The number of hydrogen-bond acceptors (Lipinski definition) is 5. The first kappa shape index (κ1) is 24.0. The van der Waals surface area contributed by atoms with Crippen LogP contribution < -0.4 is 14.8 Å². The van der Waals surface area contributed by atoms with Gasteiger partial charge in [0, 0.05) is 13.1 Å². The minimum absolute atomic E-state index is 0.0930. The number of ether oxygens (including phenoxy) is 2. The number of piperidine rings is 1. The molecule has 0 unspecified atom stereocenters. The van der Waals surface area contributed by atoms with Crippen LogP contribution in [0.15, 0.2) is 47.4 Å². The lowest BCUT2D eigenvalue weighted by molar-refractivity contribution is -0.128. The first-order valence-corrected chi connectivity index (χ1v) is 12.1. The van der Waals surface area contributed by atoms with Crippen molar-refractivity contribution in [2.45, 2.75) is 50.5 Å². The van der Waals surface area contributed by atoms with Gasteiger partial charge in [0.1, 0.15) is 17.3 Å².